The number of benzene rings is 3. The molecule has 2 aliphatic heterocycles. The second-order valence-electron chi connectivity index (χ2n) is 21.6. The molecule has 3 fully saturated rings. The van der Waals surface area contributed by atoms with E-state index in [0.717, 1.165) is 69.4 Å². The van der Waals surface area contributed by atoms with Crippen LogP contribution in [0, 0.1) is 41.9 Å². The van der Waals surface area contributed by atoms with Crippen molar-refractivity contribution in [2.75, 3.05) is 29.9 Å². The normalized spacial score (nSPS) is 21.8. The first kappa shape index (κ1) is 50.8. The Hall–Kier alpha value is -7.09. The molecule has 0 radical (unpaired) electrons. The Balaban J connectivity index is 0.789. The molecule has 3 aromatic carbocycles. The largest absolute Gasteiger partial charge is 0.489 e. The lowest BCUT2D eigenvalue weighted by Gasteiger charge is -2.63. The number of nitrogens with zero attached hydrogens (tertiary/aromatic N) is 7. The fourth-order valence-electron chi connectivity index (χ4n) is 11.5. The second-order valence-corrected chi connectivity index (χ2v) is 22.5. The predicted molar refractivity (Wildman–Crippen MR) is 284 cm³/mol. The summed E-state index contributed by atoms with van der Waals surface area (Å²) in [5.41, 5.74) is 8.88. The van der Waals surface area contributed by atoms with E-state index in [4.69, 9.17) is 14.8 Å². The SMILES string of the molecule is Cc1cc(OC2C(C)(C)C(NC(=O)c3ccc(N[C@@H]4CCN(c5cc(-c6cnn(C(C(=O)N7C[C@H](O)C[C@H]7C(=O)N[C@@H](C)c7ccc(-c8scnc8C)cc7)C(C)C)c6)ccn5)C4)cc3)C2(C)C)ccc1C#N. The first-order chi connectivity index (χ1) is 34.8. The monoisotopic (exact) mass is 1000 g/mol. The van der Waals surface area contributed by atoms with E-state index in [1.54, 1.807) is 34.5 Å². The van der Waals surface area contributed by atoms with Crippen LogP contribution in [0.3, 0.4) is 0 Å². The van der Waals surface area contributed by atoms with E-state index in [1.807, 2.05) is 119 Å². The molecule has 1 unspecified atom stereocenters. The highest BCUT2D eigenvalue weighted by Gasteiger charge is 2.64. The molecule has 3 aromatic heterocycles. The standard InChI is InChI=1S/C57H66N10O5S/c1-33(2)49(53(71)66-31-45(68)26-47(66)52(70)62-35(4)37-10-12-38(13-11-37)50-36(5)60-32-73-50)67-29-42(28-61-67)40-20-22-59-48(25-40)65-23-21-44(30-65)63-43-17-14-39(15-18-43)51(69)64-54-56(6,7)55(57(54,8)9)72-46-19-16-41(27-58)34(3)24-46/h10-20,22,24-25,28-29,32-33,35,44-45,47,49,54-55,63,68H,21,23,26,30-31H2,1-9H3,(H,62,70)(H,64,69)/t35-,44+,45+,47-,49?,54?,55?/m0/s1. The lowest BCUT2D eigenvalue weighted by Crippen LogP contribution is -2.74. The van der Waals surface area contributed by atoms with Crippen molar-refractivity contribution in [3.05, 3.63) is 131 Å². The molecule has 9 rings (SSSR count). The number of hydrogen-bond donors (Lipinski definition) is 4. The third-order valence-electron chi connectivity index (χ3n) is 15.2. The Morgan fingerprint density at radius 3 is 2.32 bits per heavy atom. The number of β-amino-alcohol motifs (C(OH)–C–C–N with tert-alkyl or cyclic N) is 1. The van der Waals surface area contributed by atoms with Crippen molar-refractivity contribution in [3.63, 3.8) is 0 Å². The molecule has 73 heavy (non-hydrogen) atoms. The maximum atomic E-state index is 14.5. The quantitative estimate of drug-likeness (QED) is 0.0769. The number of rotatable bonds is 15. The van der Waals surface area contributed by atoms with Gasteiger partial charge in [0.2, 0.25) is 11.8 Å². The number of aryl methyl sites for hydroxylation is 2. The minimum Gasteiger partial charge on any atom is -0.489 e. The van der Waals surface area contributed by atoms with E-state index >= 15 is 0 Å². The van der Waals surface area contributed by atoms with Crippen LogP contribution in [0.1, 0.15) is 106 Å². The zero-order chi connectivity index (χ0) is 51.9. The Labute approximate surface area is 432 Å². The van der Waals surface area contributed by atoms with Gasteiger partial charge in [0.25, 0.3) is 5.91 Å². The van der Waals surface area contributed by atoms with E-state index in [2.05, 4.69) is 59.6 Å². The summed E-state index contributed by atoms with van der Waals surface area (Å²) in [5.74, 6) is 0.687. The molecule has 3 aliphatic rings. The molecule has 6 aromatic rings. The number of carbonyl (C=O) groups excluding carboxylic acids is 3. The number of hydrogen-bond acceptors (Lipinski definition) is 12. The van der Waals surface area contributed by atoms with E-state index in [9.17, 15) is 24.8 Å². The molecule has 0 bridgehead atoms. The predicted octanol–water partition coefficient (Wildman–Crippen LogP) is 8.90. The summed E-state index contributed by atoms with van der Waals surface area (Å²) >= 11 is 1.59. The van der Waals surface area contributed by atoms with Gasteiger partial charge < -0.3 is 35.6 Å². The van der Waals surface area contributed by atoms with Gasteiger partial charge in [0.1, 0.15) is 29.8 Å². The molecule has 1 saturated carbocycles. The summed E-state index contributed by atoms with van der Waals surface area (Å²) in [5, 5.41) is 34.9. The van der Waals surface area contributed by atoms with Gasteiger partial charge in [-0.3, -0.25) is 19.1 Å². The number of ether oxygens (including phenoxy) is 1. The fourth-order valence-corrected chi connectivity index (χ4v) is 12.3. The fraction of sp³-hybridized carbons (Fsp3) is 0.421. The second kappa shape index (κ2) is 20.4. The smallest absolute Gasteiger partial charge is 0.251 e. The maximum absolute atomic E-state index is 14.5. The number of amides is 3. The van der Waals surface area contributed by atoms with Crippen LogP contribution in [0.25, 0.3) is 21.6 Å². The van der Waals surface area contributed by atoms with Crippen molar-refractivity contribution in [1.82, 2.24) is 35.3 Å². The van der Waals surface area contributed by atoms with Crippen molar-refractivity contribution in [2.24, 2.45) is 16.7 Å². The first-order valence-corrected chi connectivity index (χ1v) is 26.1. The maximum Gasteiger partial charge on any atom is 0.251 e. The molecule has 380 valence electrons. The van der Waals surface area contributed by atoms with Crippen LogP contribution in [0.2, 0.25) is 0 Å². The van der Waals surface area contributed by atoms with Crippen molar-refractivity contribution < 1.29 is 24.2 Å². The van der Waals surface area contributed by atoms with Crippen LogP contribution < -0.4 is 25.6 Å². The number of aliphatic hydroxyl groups excluding tert-OH is 1. The van der Waals surface area contributed by atoms with Crippen LogP contribution in [-0.4, -0.2) is 97.4 Å². The number of pyridine rings is 1. The Kier molecular flexibility index (Phi) is 14.2. The summed E-state index contributed by atoms with van der Waals surface area (Å²) in [6.07, 6.45) is 5.50. The minimum atomic E-state index is -0.825. The molecular weight excluding hydrogens is 937 g/mol. The highest BCUT2D eigenvalue weighted by atomic mass is 32.1. The van der Waals surface area contributed by atoms with E-state index in [1.165, 1.54) is 4.90 Å². The number of nitriles is 1. The number of aliphatic hydroxyl groups is 1. The van der Waals surface area contributed by atoms with Gasteiger partial charge in [-0.25, -0.2) is 9.97 Å². The number of nitrogens with one attached hydrogen (secondary N) is 3. The van der Waals surface area contributed by atoms with E-state index in [-0.39, 0.29) is 71.7 Å². The molecular formula is C57H66N10O5S. The van der Waals surface area contributed by atoms with Crippen molar-refractivity contribution in [2.45, 2.75) is 118 Å². The summed E-state index contributed by atoms with van der Waals surface area (Å²) in [6, 6.07) is 25.6. The minimum absolute atomic E-state index is 0.0616. The lowest BCUT2D eigenvalue weighted by atomic mass is 9.49. The molecule has 5 atom stereocenters. The molecule has 3 amide bonds. The van der Waals surface area contributed by atoms with Crippen LogP contribution >= 0.6 is 11.3 Å². The number of carbonyl (C=O) groups is 3. The third kappa shape index (κ3) is 10.3. The zero-order valence-electron chi connectivity index (χ0n) is 43.1. The Bertz CT molecular complexity index is 3010. The molecule has 5 heterocycles. The highest BCUT2D eigenvalue weighted by Crippen LogP contribution is 2.55. The van der Waals surface area contributed by atoms with Crippen LogP contribution in [0.4, 0.5) is 11.5 Å². The molecule has 2 saturated heterocycles. The molecule has 4 N–H and O–H groups in total. The first-order valence-electron chi connectivity index (χ1n) is 25.2. The number of likely N-dealkylation sites (tertiary alicyclic amines) is 1. The van der Waals surface area contributed by atoms with Gasteiger partial charge in [-0.1, -0.05) is 65.8 Å². The average molecular weight is 1000 g/mol. The average Bonchev–Trinajstić information content (AvgIpc) is 4.21. The van der Waals surface area contributed by atoms with Gasteiger partial charge in [0.15, 0.2) is 0 Å². The third-order valence-corrected chi connectivity index (χ3v) is 16.2. The van der Waals surface area contributed by atoms with Gasteiger partial charge in [0, 0.05) is 78.2 Å². The van der Waals surface area contributed by atoms with Gasteiger partial charge in [-0.2, -0.15) is 10.4 Å². The summed E-state index contributed by atoms with van der Waals surface area (Å²) < 4.78 is 8.17. The van der Waals surface area contributed by atoms with Crippen LogP contribution in [0.5, 0.6) is 5.75 Å². The Morgan fingerprint density at radius 1 is 0.904 bits per heavy atom. The van der Waals surface area contributed by atoms with Crippen LogP contribution in [-0.2, 0) is 9.59 Å². The number of thiazole rings is 1. The Morgan fingerprint density at radius 2 is 1.64 bits per heavy atom. The van der Waals surface area contributed by atoms with Gasteiger partial charge in [-0.05, 0) is 110 Å². The van der Waals surface area contributed by atoms with Crippen LogP contribution in [0.15, 0.2) is 103 Å². The molecule has 1 aliphatic carbocycles. The topological polar surface area (TPSA) is 191 Å². The molecule has 0 spiro atoms. The van der Waals surface area contributed by atoms with E-state index in [0.29, 0.717) is 16.9 Å². The summed E-state index contributed by atoms with van der Waals surface area (Å²) in [6.45, 7) is 19.8. The molecule has 16 heteroatoms. The van der Waals surface area contributed by atoms with Crippen molar-refractivity contribution in [1.29, 1.82) is 5.26 Å². The summed E-state index contributed by atoms with van der Waals surface area (Å²) in [4.78, 5) is 55.9. The summed E-state index contributed by atoms with van der Waals surface area (Å²) in [7, 11) is 0. The highest BCUT2D eigenvalue weighted by molar-refractivity contribution is 7.13. The lowest BCUT2D eigenvalue weighted by molar-refractivity contribution is -0.164. The van der Waals surface area contributed by atoms with Gasteiger partial charge in [0.05, 0.1) is 46.1 Å². The van der Waals surface area contributed by atoms with Crippen molar-refractivity contribution in [3.8, 4) is 33.4 Å². The van der Waals surface area contributed by atoms with Gasteiger partial charge >= 0.3 is 0 Å². The van der Waals surface area contributed by atoms with Gasteiger partial charge in [-0.15, -0.1) is 11.3 Å². The zero-order valence-corrected chi connectivity index (χ0v) is 43.9. The molecule has 15 nitrogen and oxygen atoms in total. The van der Waals surface area contributed by atoms with Crippen molar-refractivity contribution >= 4 is 40.6 Å². The van der Waals surface area contributed by atoms with E-state index < -0.39 is 18.2 Å². The number of anilines is 2. The number of aromatic nitrogens is 4.